The SMILES string of the molecule is COc1ccc(S(=O)(=O)N2CCN(c3cc(-n4ccnc4C)ncn3)CC2)cc1C. The lowest BCUT2D eigenvalue weighted by atomic mass is 10.2. The number of ether oxygens (including phenoxy) is 1. The lowest BCUT2D eigenvalue weighted by molar-refractivity contribution is 0.383. The van der Waals surface area contributed by atoms with Gasteiger partial charge in [0.15, 0.2) is 0 Å². The third kappa shape index (κ3) is 3.75. The third-order valence-corrected chi connectivity index (χ3v) is 7.17. The van der Waals surface area contributed by atoms with Crippen molar-refractivity contribution in [2.75, 3.05) is 38.2 Å². The molecule has 4 rings (SSSR count). The fourth-order valence-electron chi connectivity index (χ4n) is 3.58. The van der Waals surface area contributed by atoms with E-state index < -0.39 is 10.0 Å². The Kier molecular flexibility index (Phi) is 5.44. The first-order chi connectivity index (χ1) is 14.4. The molecule has 10 heteroatoms. The summed E-state index contributed by atoms with van der Waals surface area (Å²) in [7, 11) is -1.99. The maximum Gasteiger partial charge on any atom is 0.243 e. The van der Waals surface area contributed by atoms with Gasteiger partial charge in [-0.05, 0) is 37.6 Å². The minimum absolute atomic E-state index is 0.286. The molecule has 1 saturated heterocycles. The second kappa shape index (κ2) is 8.04. The molecule has 3 aromatic rings. The molecule has 0 bridgehead atoms. The van der Waals surface area contributed by atoms with Gasteiger partial charge in [-0.3, -0.25) is 4.57 Å². The average Bonchev–Trinajstić information content (AvgIpc) is 3.19. The Morgan fingerprint density at radius 2 is 1.70 bits per heavy atom. The van der Waals surface area contributed by atoms with E-state index in [1.807, 2.05) is 30.7 Å². The van der Waals surface area contributed by atoms with Crippen molar-refractivity contribution in [1.82, 2.24) is 23.8 Å². The van der Waals surface area contributed by atoms with E-state index in [-0.39, 0.29) is 4.90 Å². The van der Waals surface area contributed by atoms with Crippen LogP contribution in [-0.4, -0.2) is 65.5 Å². The lowest BCUT2D eigenvalue weighted by Gasteiger charge is -2.34. The number of imidazole rings is 1. The molecule has 30 heavy (non-hydrogen) atoms. The summed E-state index contributed by atoms with van der Waals surface area (Å²) < 4.78 is 34.8. The summed E-state index contributed by atoms with van der Waals surface area (Å²) in [6.07, 6.45) is 5.10. The molecule has 0 aliphatic carbocycles. The summed E-state index contributed by atoms with van der Waals surface area (Å²) in [6, 6.07) is 6.84. The van der Waals surface area contributed by atoms with Gasteiger partial charge >= 0.3 is 0 Å². The van der Waals surface area contributed by atoms with E-state index in [1.54, 1.807) is 31.5 Å². The minimum Gasteiger partial charge on any atom is -0.496 e. The summed E-state index contributed by atoms with van der Waals surface area (Å²) in [6.45, 7) is 5.62. The lowest BCUT2D eigenvalue weighted by Crippen LogP contribution is -2.49. The monoisotopic (exact) mass is 428 g/mol. The first kappa shape index (κ1) is 20.3. The van der Waals surface area contributed by atoms with Crippen molar-refractivity contribution in [3.8, 4) is 11.6 Å². The molecule has 1 aliphatic heterocycles. The van der Waals surface area contributed by atoms with Crippen LogP contribution in [0.2, 0.25) is 0 Å². The summed E-state index contributed by atoms with van der Waals surface area (Å²) in [4.78, 5) is 15.3. The molecule has 1 aliphatic rings. The zero-order valence-corrected chi connectivity index (χ0v) is 18.0. The van der Waals surface area contributed by atoms with Gasteiger partial charge in [-0.1, -0.05) is 0 Å². The number of rotatable bonds is 5. The van der Waals surface area contributed by atoms with Crippen LogP contribution >= 0.6 is 0 Å². The van der Waals surface area contributed by atoms with Crippen LogP contribution < -0.4 is 9.64 Å². The van der Waals surface area contributed by atoms with Gasteiger partial charge in [0.25, 0.3) is 0 Å². The molecule has 0 spiro atoms. The van der Waals surface area contributed by atoms with Crippen LogP contribution in [0.5, 0.6) is 5.75 Å². The number of sulfonamides is 1. The van der Waals surface area contributed by atoms with E-state index in [0.29, 0.717) is 31.9 Å². The van der Waals surface area contributed by atoms with Gasteiger partial charge < -0.3 is 9.64 Å². The first-order valence-corrected chi connectivity index (χ1v) is 11.1. The van der Waals surface area contributed by atoms with Gasteiger partial charge in [0, 0.05) is 44.6 Å². The molecule has 0 radical (unpaired) electrons. The number of aryl methyl sites for hydroxylation is 2. The van der Waals surface area contributed by atoms with Crippen molar-refractivity contribution in [3.05, 3.63) is 54.4 Å². The fraction of sp³-hybridized carbons (Fsp3) is 0.350. The van der Waals surface area contributed by atoms with Crippen LogP contribution in [0.25, 0.3) is 5.82 Å². The Bertz CT molecular complexity index is 1150. The normalized spacial score (nSPS) is 15.4. The van der Waals surface area contributed by atoms with Crippen molar-refractivity contribution in [1.29, 1.82) is 0 Å². The Morgan fingerprint density at radius 1 is 0.967 bits per heavy atom. The number of piperazine rings is 1. The van der Waals surface area contributed by atoms with Crippen molar-refractivity contribution in [2.45, 2.75) is 18.7 Å². The molecular formula is C20H24N6O3S. The molecular weight excluding hydrogens is 404 g/mol. The van der Waals surface area contributed by atoms with E-state index in [1.165, 1.54) is 10.6 Å². The van der Waals surface area contributed by atoms with Crippen LogP contribution in [-0.2, 0) is 10.0 Å². The number of methoxy groups -OCH3 is 1. The van der Waals surface area contributed by atoms with Gasteiger partial charge in [-0.2, -0.15) is 4.31 Å². The largest absolute Gasteiger partial charge is 0.496 e. The number of anilines is 1. The molecule has 1 aromatic carbocycles. The Balaban J connectivity index is 1.49. The zero-order valence-electron chi connectivity index (χ0n) is 17.2. The maximum atomic E-state index is 13.1. The van der Waals surface area contributed by atoms with Gasteiger partial charge in [-0.15, -0.1) is 0 Å². The topological polar surface area (TPSA) is 93.5 Å². The van der Waals surface area contributed by atoms with Crippen LogP contribution in [0.3, 0.4) is 0 Å². The highest BCUT2D eigenvalue weighted by atomic mass is 32.2. The highest BCUT2D eigenvalue weighted by molar-refractivity contribution is 7.89. The quantitative estimate of drug-likeness (QED) is 0.612. The third-order valence-electron chi connectivity index (χ3n) is 5.28. The van der Waals surface area contributed by atoms with Gasteiger partial charge in [0.1, 0.15) is 29.5 Å². The molecule has 3 heterocycles. The summed E-state index contributed by atoms with van der Waals surface area (Å²) in [5.41, 5.74) is 0.792. The van der Waals surface area contributed by atoms with Crippen LogP contribution in [0, 0.1) is 13.8 Å². The average molecular weight is 429 g/mol. The van der Waals surface area contributed by atoms with Crippen LogP contribution in [0.4, 0.5) is 5.82 Å². The number of hydrogen-bond donors (Lipinski definition) is 0. The van der Waals surface area contributed by atoms with Gasteiger partial charge in [0.2, 0.25) is 10.0 Å². The predicted octanol–water partition coefficient (Wildman–Crippen LogP) is 1.80. The molecule has 0 atom stereocenters. The van der Waals surface area contributed by atoms with Crippen LogP contribution in [0.15, 0.2) is 47.9 Å². The van der Waals surface area contributed by atoms with Gasteiger partial charge in [0.05, 0.1) is 12.0 Å². The van der Waals surface area contributed by atoms with Crippen molar-refractivity contribution in [2.24, 2.45) is 0 Å². The Morgan fingerprint density at radius 3 is 2.33 bits per heavy atom. The standard InChI is InChI=1S/C20H24N6O3S/c1-15-12-17(4-5-18(15)29-3)30(27,28)25-10-8-24(9-11-25)19-13-20(23-14-22-19)26-7-6-21-16(26)2/h4-7,12-14H,8-11H2,1-3H3. The van der Waals surface area contributed by atoms with Crippen molar-refractivity contribution >= 4 is 15.8 Å². The van der Waals surface area contributed by atoms with E-state index in [2.05, 4.69) is 19.9 Å². The number of benzene rings is 1. The molecule has 2 aromatic heterocycles. The zero-order chi connectivity index (χ0) is 21.3. The highest BCUT2D eigenvalue weighted by Gasteiger charge is 2.29. The van der Waals surface area contributed by atoms with Gasteiger partial charge in [-0.25, -0.2) is 23.4 Å². The maximum absolute atomic E-state index is 13.1. The Labute approximate surface area is 176 Å². The molecule has 9 nitrogen and oxygen atoms in total. The number of aromatic nitrogens is 4. The molecule has 0 amide bonds. The van der Waals surface area contributed by atoms with E-state index in [9.17, 15) is 8.42 Å². The molecule has 0 saturated carbocycles. The van der Waals surface area contributed by atoms with Crippen molar-refractivity contribution in [3.63, 3.8) is 0 Å². The second-order valence-corrected chi connectivity index (χ2v) is 9.04. The van der Waals surface area contributed by atoms with E-state index in [0.717, 1.165) is 23.0 Å². The summed E-state index contributed by atoms with van der Waals surface area (Å²) >= 11 is 0. The number of nitrogens with zero attached hydrogens (tertiary/aromatic N) is 6. The molecule has 158 valence electrons. The second-order valence-electron chi connectivity index (χ2n) is 7.10. The van der Waals surface area contributed by atoms with Crippen molar-refractivity contribution < 1.29 is 13.2 Å². The molecule has 0 unspecified atom stereocenters. The van der Waals surface area contributed by atoms with E-state index in [4.69, 9.17) is 4.74 Å². The fourth-order valence-corrected chi connectivity index (χ4v) is 5.09. The van der Waals surface area contributed by atoms with E-state index >= 15 is 0 Å². The first-order valence-electron chi connectivity index (χ1n) is 9.62. The molecule has 1 fully saturated rings. The number of hydrogen-bond acceptors (Lipinski definition) is 7. The predicted molar refractivity (Wildman–Crippen MR) is 113 cm³/mol. The summed E-state index contributed by atoms with van der Waals surface area (Å²) in [5, 5.41) is 0. The minimum atomic E-state index is -3.56. The smallest absolute Gasteiger partial charge is 0.243 e. The Hall–Kier alpha value is -2.98. The highest BCUT2D eigenvalue weighted by Crippen LogP contribution is 2.25. The summed E-state index contributed by atoms with van der Waals surface area (Å²) in [5.74, 6) is 3.01. The molecule has 0 N–H and O–H groups in total. The van der Waals surface area contributed by atoms with Crippen LogP contribution in [0.1, 0.15) is 11.4 Å².